The molecular weight excluding hydrogens is 365 g/mol. The van der Waals surface area contributed by atoms with E-state index in [0.29, 0.717) is 0 Å². The molecule has 1 aliphatic rings. The fourth-order valence-corrected chi connectivity index (χ4v) is 3.19. The predicted octanol–water partition coefficient (Wildman–Crippen LogP) is -0.480. The lowest BCUT2D eigenvalue weighted by molar-refractivity contribution is -0.137. The van der Waals surface area contributed by atoms with Crippen LogP contribution in [0.3, 0.4) is 0 Å². The minimum Gasteiger partial charge on any atom is -0.286 e. The smallest absolute Gasteiger partial charge is 0.275 e. The van der Waals surface area contributed by atoms with Gasteiger partial charge in [0.1, 0.15) is 0 Å². The first kappa shape index (κ1) is 14.3. The van der Waals surface area contributed by atoms with Gasteiger partial charge in [-0.15, -0.1) is 0 Å². The normalized spacial score (nSPS) is 17.6. The zero-order valence-electron chi connectivity index (χ0n) is 8.37. The number of hydrogen-bond acceptors (Lipinski definition) is 5. The van der Waals surface area contributed by atoms with Gasteiger partial charge in [0.25, 0.3) is 21.9 Å². The van der Waals surface area contributed by atoms with Crippen molar-refractivity contribution < 1.29 is 27.4 Å². The molecule has 1 atom stereocenters. The number of rotatable bonds is 5. The second-order valence-corrected chi connectivity index (χ2v) is 5.92. The van der Waals surface area contributed by atoms with Crippen LogP contribution in [0, 0.1) is 0 Å². The van der Waals surface area contributed by atoms with E-state index in [2.05, 4.69) is 0 Å². The van der Waals surface area contributed by atoms with Crippen molar-refractivity contribution in [2.75, 3.05) is 6.54 Å². The van der Waals surface area contributed by atoms with Crippen molar-refractivity contribution in [2.24, 2.45) is 0 Å². The van der Waals surface area contributed by atoms with Crippen LogP contribution < -0.4 is 0 Å². The summed E-state index contributed by atoms with van der Waals surface area (Å²) in [5.41, 5.74) is 0. The molecule has 0 spiro atoms. The van der Waals surface area contributed by atoms with Crippen LogP contribution in [0.5, 0.6) is 0 Å². The number of hydrogen-bond donors (Lipinski definition) is 1. The maximum atomic E-state index is 11.1. The van der Waals surface area contributed by atoms with E-state index in [-0.39, 0.29) is 13.0 Å². The Hall–Kier alpha value is -0.810. The maximum absolute atomic E-state index is 11.1. The largest absolute Gasteiger partial charge is 0.286 e. The van der Waals surface area contributed by atoms with E-state index in [0.717, 1.165) is 17.1 Å². The molecule has 2 amide bonds. The fourth-order valence-electron chi connectivity index (χ4n) is 1.28. The van der Waals surface area contributed by atoms with Crippen LogP contribution in [0.15, 0.2) is 12.2 Å². The molecule has 0 aliphatic carbocycles. The van der Waals surface area contributed by atoms with Crippen LogP contribution in [0.25, 0.3) is 0 Å². The van der Waals surface area contributed by atoms with Crippen molar-refractivity contribution in [3.8, 4) is 0 Å². The summed E-state index contributed by atoms with van der Waals surface area (Å²) in [6.45, 7) is -0.232. The van der Waals surface area contributed by atoms with Crippen molar-refractivity contribution in [3.05, 3.63) is 12.2 Å². The molecule has 9 heteroatoms. The molecule has 0 radical (unpaired) electrons. The first-order chi connectivity index (χ1) is 7.73. The summed E-state index contributed by atoms with van der Waals surface area (Å²) in [6, 6.07) is 0. The monoisotopic (exact) mass is 373 g/mol. The predicted molar refractivity (Wildman–Crippen MR) is 64.8 cm³/mol. The van der Waals surface area contributed by atoms with Crippen molar-refractivity contribution in [1.82, 2.24) is 4.90 Å². The summed E-state index contributed by atoms with van der Waals surface area (Å²) in [4.78, 5) is 34.1. The minimum atomic E-state index is -4.52. The molecule has 1 unspecified atom stereocenters. The summed E-state index contributed by atoms with van der Waals surface area (Å²) in [6.07, 6.45) is 1.78. The average Bonchev–Trinajstić information content (AvgIpc) is 2.46. The molecular formula is C8H8INO6S. The highest BCUT2D eigenvalue weighted by atomic mass is 127. The lowest BCUT2D eigenvalue weighted by Gasteiger charge is -2.16. The molecule has 1 N–H and O–H groups in total. The standard InChI is InChI=1S/C8H8INO6S/c9-8(13)5(17(14,15)16)3-4-10-6(11)1-2-7(10)12/h1-2,5H,3-4H2,(H,14,15,16). The second kappa shape index (κ2) is 5.23. The van der Waals surface area contributed by atoms with E-state index in [9.17, 15) is 22.8 Å². The molecule has 17 heavy (non-hydrogen) atoms. The Labute approximate surface area is 111 Å². The SMILES string of the molecule is O=C(I)C(CCN1C(=O)C=CC1=O)S(=O)(=O)O. The first-order valence-electron chi connectivity index (χ1n) is 4.42. The second-order valence-electron chi connectivity index (χ2n) is 3.26. The summed E-state index contributed by atoms with van der Waals surface area (Å²) in [5, 5.41) is -1.62. The summed E-state index contributed by atoms with van der Waals surface area (Å²) in [7, 11) is -4.52. The highest BCUT2D eigenvalue weighted by molar-refractivity contribution is 14.1. The Morgan fingerprint density at radius 2 is 1.82 bits per heavy atom. The van der Waals surface area contributed by atoms with Gasteiger partial charge in [-0.25, -0.2) is 0 Å². The molecule has 1 heterocycles. The van der Waals surface area contributed by atoms with E-state index in [1.807, 2.05) is 0 Å². The zero-order chi connectivity index (χ0) is 13.2. The van der Waals surface area contributed by atoms with E-state index < -0.39 is 31.0 Å². The third-order valence-electron chi connectivity index (χ3n) is 2.13. The molecule has 0 bridgehead atoms. The van der Waals surface area contributed by atoms with Crippen LogP contribution in [0.2, 0.25) is 0 Å². The molecule has 94 valence electrons. The summed E-state index contributed by atoms with van der Waals surface area (Å²) >= 11 is 1.24. The van der Waals surface area contributed by atoms with Gasteiger partial charge in [-0.1, -0.05) is 0 Å². The molecule has 0 aromatic carbocycles. The molecule has 1 aliphatic heterocycles. The average molecular weight is 373 g/mol. The van der Waals surface area contributed by atoms with Crippen LogP contribution in [-0.4, -0.2) is 45.3 Å². The highest BCUT2D eigenvalue weighted by Gasteiger charge is 2.32. The Balaban J connectivity index is 2.69. The van der Waals surface area contributed by atoms with E-state index in [1.54, 1.807) is 0 Å². The van der Waals surface area contributed by atoms with Crippen molar-refractivity contribution in [2.45, 2.75) is 11.7 Å². The van der Waals surface area contributed by atoms with Crippen LogP contribution >= 0.6 is 22.6 Å². The van der Waals surface area contributed by atoms with Gasteiger partial charge in [0, 0.05) is 41.3 Å². The van der Waals surface area contributed by atoms with Gasteiger partial charge in [0.2, 0.25) is 3.79 Å². The fraction of sp³-hybridized carbons (Fsp3) is 0.375. The van der Waals surface area contributed by atoms with Crippen LogP contribution in [0.4, 0.5) is 0 Å². The van der Waals surface area contributed by atoms with Crippen LogP contribution in [-0.2, 0) is 24.5 Å². The van der Waals surface area contributed by atoms with E-state index >= 15 is 0 Å². The summed E-state index contributed by atoms with van der Waals surface area (Å²) < 4.78 is 29.8. The third-order valence-corrected chi connectivity index (χ3v) is 4.47. The van der Waals surface area contributed by atoms with Crippen LogP contribution in [0.1, 0.15) is 6.42 Å². The molecule has 1 rings (SSSR count). The third kappa shape index (κ3) is 3.57. The van der Waals surface area contributed by atoms with Gasteiger partial charge in [-0.2, -0.15) is 8.42 Å². The number of imide groups is 1. The van der Waals surface area contributed by atoms with Gasteiger partial charge in [0.15, 0.2) is 5.25 Å². The Kier molecular flexibility index (Phi) is 4.38. The quantitative estimate of drug-likeness (QED) is 0.302. The summed E-state index contributed by atoms with van der Waals surface area (Å²) in [5.74, 6) is -1.13. The Morgan fingerprint density at radius 3 is 2.18 bits per heavy atom. The number of nitrogens with zero attached hydrogens (tertiary/aromatic N) is 1. The first-order valence-corrected chi connectivity index (χ1v) is 7.01. The highest BCUT2D eigenvalue weighted by Crippen LogP contribution is 2.13. The Morgan fingerprint density at radius 1 is 1.35 bits per heavy atom. The molecule has 0 fully saturated rings. The lowest BCUT2D eigenvalue weighted by Crippen LogP contribution is -2.36. The van der Waals surface area contributed by atoms with Gasteiger partial charge in [-0.3, -0.25) is 23.8 Å². The number of carbonyl (C=O) groups is 3. The molecule has 0 saturated carbocycles. The van der Waals surface area contributed by atoms with Gasteiger partial charge < -0.3 is 0 Å². The topological polar surface area (TPSA) is 109 Å². The van der Waals surface area contributed by atoms with Crippen molar-refractivity contribution >= 4 is 48.3 Å². The molecule has 0 aromatic rings. The van der Waals surface area contributed by atoms with Gasteiger partial charge >= 0.3 is 0 Å². The molecule has 7 nitrogen and oxygen atoms in total. The van der Waals surface area contributed by atoms with E-state index in [1.165, 1.54) is 22.6 Å². The number of amides is 2. The zero-order valence-corrected chi connectivity index (χ0v) is 11.3. The Bertz CT molecular complexity index is 478. The maximum Gasteiger partial charge on any atom is 0.275 e. The van der Waals surface area contributed by atoms with Crippen molar-refractivity contribution in [1.29, 1.82) is 0 Å². The minimum absolute atomic E-state index is 0.232. The van der Waals surface area contributed by atoms with Gasteiger partial charge in [0.05, 0.1) is 0 Å². The lowest BCUT2D eigenvalue weighted by atomic mass is 10.3. The molecule has 0 aromatic heterocycles. The van der Waals surface area contributed by atoms with Gasteiger partial charge in [-0.05, 0) is 6.42 Å². The van der Waals surface area contributed by atoms with E-state index in [4.69, 9.17) is 4.55 Å². The molecule has 0 saturated heterocycles. The number of halogens is 1. The number of carbonyl (C=O) groups excluding carboxylic acids is 3. The van der Waals surface area contributed by atoms with Crippen molar-refractivity contribution in [3.63, 3.8) is 0 Å².